The highest BCUT2D eigenvalue weighted by atomic mass is 32.1. The Labute approximate surface area is 162 Å². The maximum absolute atomic E-state index is 12.2. The average Bonchev–Trinajstić information content (AvgIpc) is 3.25. The lowest BCUT2D eigenvalue weighted by Crippen LogP contribution is -2.36. The predicted molar refractivity (Wildman–Crippen MR) is 106 cm³/mol. The zero-order valence-corrected chi connectivity index (χ0v) is 16.6. The maximum Gasteiger partial charge on any atom is 0.315 e. The van der Waals surface area contributed by atoms with Gasteiger partial charge in [-0.25, -0.2) is 9.78 Å². The lowest BCUT2D eigenvalue weighted by molar-refractivity contribution is 0.237. The molecule has 0 saturated carbocycles. The molecule has 2 heterocycles. The number of benzene rings is 1. The molecule has 1 unspecified atom stereocenters. The minimum atomic E-state index is -0.220. The fraction of sp³-hybridized carbons (Fsp3) is 0.316. The van der Waals surface area contributed by atoms with Crippen molar-refractivity contribution in [2.24, 2.45) is 0 Å². The number of H-pyrrole nitrogens is 1. The number of amides is 2. The van der Waals surface area contributed by atoms with Gasteiger partial charge >= 0.3 is 6.03 Å². The average molecular weight is 385 g/mol. The number of aryl methyl sites for hydroxylation is 2. The van der Waals surface area contributed by atoms with Crippen molar-refractivity contribution in [1.82, 2.24) is 25.8 Å². The van der Waals surface area contributed by atoms with Crippen LogP contribution in [0.3, 0.4) is 0 Å². The lowest BCUT2D eigenvalue weighted by Gasteiger charge is -2.13. The third kappa shape index (κ3) is 4.46. The number of aromatic amines is 1. The van der Waals surface area contributed by atoms with Crippen molar-refractivity contribution in [1.29, 1.82) is 0 Å². The number of hydrogen-bond acceptors (Lipinski definition) is 5. The summed E-state index contributed by atoms with van der Waals surface area (Å²) in [5.41, 5.74) is 3.87. The van der Waals surface area contributed by atoms with Crippen molar-refractivity contribution in [2.75, 3.05) is 7.11 Å². The predicted octanol–water partition coefficient (Wildman–Crippen LogP) is 3.72. The van der Waals surface area contributed by atoms with Crippen LogP contribution >= 0.6 is 11.3 Å². The first kappa shape index (κ1) is 18.9. The summed E-state index contributed by atoms with van der Waals surface area (Å²) in [6.45, 7) is 6.27. The topological polar surface area (TPSA) is 91.9 Å². The number of urea groups is 1. The van der Waals surface area contributed by atoms with Crippen LogP contribution in [0.25, 0.3) is 10.6 Å². The summed E-state index contributed by atoms with van der Waals surface area (Å²) in [5.74, 6) is 0.812. The van der Waals surface area contributed by atoms with Crippen molar-refractivity contribution < 1.29 is 9.53 Å². The van der Waals surface area contributed by atoms with Gasteiger partial charge in [0, 0.05) is 23.4 Å². The molecular weight excluding hydrogens is 362 g/mol. The summed E-state index contributed by atoms with van der Waals surface area (Å²) in [5, 5.41) is 13.6. The molecule has 0 bridgehead atoms. The normalized spacial score (nSPS) is 11.9. The Morgan fingerprint density at radius 3 is 2.67 bits per heavy atom. The van der Waals surface area contributed by atoms with Gasteiger partial charge in [-0.15, -0.1) is 11.3 Å². The van der Waals surface area contributed by atoms with Crippen LogP contribution in [0.2, 0.25) is 0 Å². The molecule has 0 aliphatic rings. The van der Waals surface area contributed by atoms with Crippen LogP contribution in [0.15, 0.2) is 30.5 Å². The minimum Gasteiger partial charge on any atom is -0.497 e. The number of methoxy groups -OCH3 is 1. The van der Waals surface area contributed by atoms with Gasteiger partial charge in [0.2, 0.25) is 0 Å². The standard InChI is InChI=1S/C19H23N5O2S/c1-11-15(10-21-24-11)9-20-19(25)23-13(3)17-12(2)22-18(27-17)14-5-7-16(26-4)8-6-14/h5-8,10,13H,9H2,1-4H3,(H,21,24)(H2,20,23,25). The van der Waals surface area contributed by atoms with Gasteiger partial charge in [0.05, 0.1) is 29.9 Å². The molecule has 0 spiro atoms. The molecule has 3 N–H and O–H groups in total. The Bertz CT molecular complexity index is 917. The molecule has 142 valence electrons. The van der Waals surface area contributed by atoms with E-state index in [9.17, 15) is 4.79 Å². The summed E-state index contributed by atoms with van der Waals surface area (Å²) < 4.78 is 5.20. The first-order valence-electron chi connectivity index (χ1n) is 8.63. The fourth-order valence-corrected chi connectivity index (χ4v) is 3.78. The van der Waals surface area contributed by atoms with Crippen LogP contribution in [-0.2, 0) is 6.54 Å². The van der Waals surface area contributed by atoms with Gasteiger partial charge in [0.25, 0.3) is 0 Å². The Balaban J connectivity index is 1.64. The van der Waals surface area contributed by atoms with E-state index in [0.29, 0.717) is 6.54 Å². The second-order valence-electron chi connectivity index (χ2n) is 6.27. The van der Waals surface area contributed by atoms with E-state index in [1.807, 2.05) is 45.0 Å². The zero-order valence-electron chi connectivity index (χ0n) is 15.8. The monoisotopic (exact) mass is 385 g/mol. The quantitative estimate of drug-likeness (QED) is 0.603. The summed E-state index contributed by atoms with van der Waals surface area (Å²) in [7, 11) is 1.65. The molecule has 3 aromatic rings. The van der Waals surface area contributed by atoms with Gasteiger partial charge in [-0.2, -0.15) is 5.10 Å². The Morgan fingerprint density at radius 2 is 2.04 bits per heavy atom. The molecule has 27 heavy (non-hydrogen) atoms. The van der Waals surface area contributed by atoms with E-state index in [1.165, 1.54) is 0 Å². The van der Waals surface area contributed by atoms with E-state index in [0.717, 1.165) is 38.1 Å². The van der Waals surface area contributed by atoms with Gasteiger partial charge in [-0.05, 0) is 45.0 Å². The van der Waals surface area contributed by atoms with E-state index in [1.54, 1.807) is 24.6 Å². The fourth-order valence-electron chi connectivity index (χ4n) is 2.71. The maximum atomic E-state index is 12.2. The van der Waals surface area contributed by atoms with Gasteiger partial charge in [0.1, 0.15) is 10.8 Å². The van der Waals surface area contributed by atoms with Gasteiger partial charge in [-0.1, -0.05) is 0 Å². The molecule has 0 aliphatic heterocycles. The molecule has 3 rings (SSSR count). The van der Waals surface area contributed by atoms with Crippen LogP contribution in [0.5, 0.6) is 5.75 Å². The Hall–Kier alpha value is -2.87. The number of carbonyl (C=O) groups excluding carboxylic acids is 1. The number of rotatable bonds is 6. The highest BCUT2D eigenvalue weighted by molar-refractivity contribution is 7.15. The summed E-state index contributed by atoms with van der Waals surface area (Å²) in [6, 6.07) is 7.44. The molecule has 0 radical (unpaired) electrons. The highest BCUT2D eigenvalue weighted by Crippen LogP contribution is 2.32. The molecule has 2 aromatic heterocycles. The molecule has 7 nitrogen and oxygen atoms in total. The molecule has 2 amide bonds. The number of aromatic nitrogens is 3. The molecule has 0 fully saturated rings. The number of nitrogens with one attached hydrogen (secondary N) is 3. The molecule has 1 aromatic carbocycles. The second kappa shape index (κ2) is 8.22. The number of thiazole rings is 1. The van der Waals surface area contributed by atoms with Crippen LogP contribution in [0.1, 0.15) is 34.8 Å². The molecule has 0 aliphatic carbocycles. The van der Waals surface area contributed by atoms with Gasteiger partial charge in [-0.3, -0.25) is 5.10 Å². The second-order valence-corrected chi connectivity index (χ2v) is 7.30. The number of hydrogen-bond donors (Lipinski definition) is 3. The van der Waals surface area contributed by atoms with E-state index in [4.69, 9.17) is 4.74 Å². The third-order valence-electron chi connectivity index (χ3n) is 4.28. The van der Waals surface area contributed by atoms with Crippen LogP contribution in [-0.4, -0.2) is 28.3 Å². The first-order chi connectivity index (χ1) is 13.0. The van der Waals surface area contributed by atoms with Crippen LogP contribution in [0, 0.1) is 13.8 Å². The molecule has 1 atom stereocenters. The Kier molecular flexibility index (Phi) is 5.75. The largest absolute Gasteiger partial charge is 0.497 e. The number of ether oxygens (including phenoxy) is 1. The van der Waals surface area contributed by atoms with Crippen LogP contribution in [0.4, 0.5) is 4.79 Å². The summed E-state index contributed by atoms with van der Waals surface area (Å²) in [4.78, 5) is 17.9. The number of carbonyl (C=O) groups is 1. The lowest BCUT2D eigenvalue weighted by atomic mass is 10.2. The third-order valence-corrected chi connectivity index (χ3v) is 5.67. The first-order valence-corrected chi connectivity index (χ1v) is 9.44. The van der Waals surface area contributed by atoms with Crippen molar-refractivity contribution in [3.8, 4) is 16.3 Å². The SMILES string of the molecule is COc1ccc(-c2nc(C)c(C(C)NC(=O)NCc3cn[nH]c3C)s2)cc1. The molecule has 8 heteroatoms. The highest BCUT2D eigenvalue weighted by Gasteiger charge is 2.17. The van der Waals surface area contributed by atoms with Crippen molar-refractivity contribution in [3.63, 3.8) is 0 Å². The van der Waals surface area contributed by atoms with Crippen molar-refractivity contribution in [3.05, 3.63) is 52.3 Å². The van der Waals surface area contributed by atoms with E-state index >= 15 is 0 Å². The van der Waals surface area contributed by atoms with Crippen molar-refractivity contribution in [2.45, 2.75) is 33.4 Å². The number of nitrogens with zero attached hydrogens (tertiary/aromatic N) is 2. The molecular formula is C19H23N5O2S. The van der Waals surface area contributed by atoms with Gasteiger partial charge in [0.15, 0.2) is 0 Å². The smallest absolute Gasteiger partial charge is 0.315 e. The van der Waals surface area contributed by atoms with Gasteiger partial charge < -0.3 is 15.4 Å². The Morgan fingerprint density at radius 1 is 1.30 bits per heavy atom. The van der Waals surface area contributed by atoms with Crippen LogP contribution < -0.4 is 15.4 Å². The van der Waals surface area contributed by atoms with E-state index in [2.05, 4.69) is 25.8 Å². The zero-order chi connectivity index (χ0) is 19.4. The summed E-state index contributed by atoms with van der Waals surface area (Å²) in [6.07, 6.45) is 1.72. The minimum absolute atomic E-state index is 0.139. The van der Waals surface area contributed by atoms with E-state index in [-0.39, 0.29) is 12.1 Å². The van der Waals surface area contributed by atoms with E-state index < -0.39 is 0 Å². The van der Waals surface area contributed by atoms with Crippen molar-refractivity contribution >= 4 is 17.4 Å². The summed E-state index contributed by atoms with van der Waals surface area (Å²) >= 11 is 1.59. The molecule has 0 saturated heterocycles.